The van der Waals surface area contributed by atoms with Crippen LogP contribution in [0.3, 0.4) is 0 Å². The summed E-state index contributed by atoms with van der Waals surface area (Å²) in [6, 6.07) is 1.90. The van der Waals surface area contributed by atoms with Gasteiger partial charge in [0.25, 0.3) is 0 Å². The number of aryl methyl sites for hydroxylation is 1. The van der Waals surface area contributed by atoms with Gasteiger partial charge in [0.2, 0.25) is 0 Å². The van der Waals surface area contributed by atoms with Gasteiger partial charge in [-0.15, -0.1) is 11.3 Å². The first kappa shape index (κ1) is 21.8. The van der Waals surface area contributed by atoms with E-state index in [0.717, 1.165) is 23.6 Å². The minimum atomic E-state index is -0.513. The zero-order valence-electron chi connectivity index (χ0n) is 16.3. The zero-order valence-corrected chi connectivity index (χ0v) is 18.0. The van der Waals surface area contributed by atoms with Gasteiger partial charge in [0, 0.05) is 12.7 Å². The van der Waals surface area contributed by atoms with Gasteiger partial charge in [0.1, 0.15) is 9.88 Å². The summed E-state index contributed by atoms with van der Waals surface area (Å²) in [7, 11) is 0. The molecule has 0 unspecified atom stereocenters. The van der Waals surface area contributed by atoms with E-state index in [9.17, 15) is 9.59 Å². The minimum absolute atomic E-state index is 0.228. The van der Waals surface area contributed by atoms with Crippen molar-refractivity contribution in [2.45, 2.75) is 40.8 Å². The highest BCUT2D eigenvalue weighted by Gasteiger charge is 2.26. The molecule has 0 aromatic carbocycles. The Hall–Kier alpha value is -2.46. The summed E-state index contributed by atoms with van der Waals surface area (Å²) in [6.45, 7) is 8.85. The van der Waals surface area contributed by atoms with Crippen LogP contribution in [0.15, 0.2) is 12.3 Å². The summed E-state index contributed by atoms with van der Waals surface area (Å²) in [5.41, 5.74) is 1.78. The lowest BCUT2D eigenvalue weighted by Gasteiger charge is -2.11. The van der Waals surface area contributed by atoms with E-state index in [1.165, 1.54) is 0 Å². The van der Waals surface area contributed by atoms with Crippen molar-refractivity contribution in [1.29, 1.82) is 0 Å². The number of nitrogens with zero attached hydrogens (tertiary/aromatic N) is 2. The Morgan fingerprint density at radius 3 is 2.54 bits per heavy atom. The fraction of sp³-hybridized carbons (Fsp3) is 0.444. The Morgan fingerprint density at radius 1 is 1.21 bits per heavy atom. The van der Waals surface area contributed by atoms with Crippen molar-refractivity contribution in [2.24, 2.45) is 0 Å². The number of carbonyl (C=O) groups excluding carboxylic acids is 2. The molecule has 2 heterocycles. The lowest BCUT2D eigenvalue weighted by molar-refractivity contribution is 0.0527. The molecule has 0 aliphatic carbocycles. The molecular weight excluding hydrogens is 400 g/mol. The number of carbonyl (C=O) groups is 2. The molecule has 0 amide bonds. The van der Waals surface area contributed by atoms with Gasteiger partial charge in [-0.05, 0) is 51.5 Å². The smallest absolute Gasteiger partial charge is 0.348 e. The second-order valence-electron chi connectivity index (χ2n) is 5.65. The molecule has 0 fully saturated rings. The molecule has 8 nitrogen and oxygen atoms in total. The Balaban J connectivity index is 2.20. The molecule has 0 saturated heterocycles. The second kappa shape index (κ2) is 10.2. The molecule has 152 valence electrons. The van der Waals surface area contributed by atoms with Crippen molar-refractivity contribution >= 4 is 45.6 Å². The third-order valence-corrected chi connectivity index (χ3v) is 5.28. The highest BCUT2D eigenvalue weighted by atomic mass is 32.1. The van der Waals surface area contributed by atoms with Crippen molar-refractivity contribution < 1.29 is 19.1 Å². The van der Waals surface area contributed by atoms with Crippen LogP contribution in [0.25, 0.3) is 0 Å². The van der Waals surface area contributed by atoms with Gasteiger partial charge < -0.3 is 20.1 Å². The van der Waals surface area contributed by atoms with E-state index < -0.39 is 11.9 Å². The van der Waals surface area contributed by atoms with E-state index in [0.29, 0.717) is 27.1 Å². The monoisotopic (exact) mass is 424 g/mol. The molecule has 0 radical (unpaired) electrons. The molecule has 28 heavy (non-hydrogen) atoms. The van der Waals surface area contributed by atoms with Crippen molar-refractivity contribution in [3.05, 3.63) is 34.0 Å². The van der Waals surface area contributed by atoms with E-state index in [2.05, 4.69) is 15.7 Å². The van der Waals surface area contributed by atoms with E-state index in [1.807, 2.05) is 17.7 Å². The Bertz CT molecular complexity index is 860. The van der Waals surface area contributed by atoms with E-state index in [-0.39, 0.29) is 18.8 Å². The molecule has 0 spiro atoms. The first-order valence-electron chi connectivity index (χ1n) is 8.95. The second-order valence-corrected chi connectivity index (χ2v) is 7.08. The standard InChI is InChI=1S/C18H24N4O4S2/c1-5-22-12(8-9-20-22)10-19-18(27)21-15-13(16(23)25-6-2)11(4)14(28-15)17(24)26-7-3/h8-9H,5-7,10H2,1-4H3,(H2,19,21,27). The fourth-order valence-electron chi connectivity index (χ4n) is 2.56. The van der Waals surface area contributed by atoms with Crippen molar-refractivity contribution in [1.82, 2.24) is 15.1 Å². The van der Waals surface area contributed by atoms with Crippen molar-refractivity contribution in [3.63, 3.8) is 0 Å². The van der Waals surface area contributed by atoms with Crippen LogP contribution in [0, 0.1) is 6.92 Å². The van der Waals surface area contributed by atoms with E-state index >= 15 is 0 Å². The van der Waals surface area contributed by atoms with Gasteiger partial charge in [0.15, 0.2) is 5.11 Å². The normalized spacial score (nSPS) is 10.4. The van der Waals surface area contributed by atoms with Crippen LogP contribution < -0.4 is 10.6 Å². The molecule has 0 bridgehead atoms. The molecular formula is C18H24N4O4S2. The summed E-state index contributed by atoms with van der Waals surface area (Å²) in [5, 5.41) is 11.1. The predicted molar refractivity (Wildman–Crippen MR) is 112 cm³/mol. The SMILES string of the molecule is CCOC(=O)c1sc(NC(=S)NCc2ccnn2CC)c(C(=O)OCC)c1C. The van der Waals surface area contributed by atoms with Gasteiger partial charge >= 0.3 is 11.9 Å². The number of rotatable bonds is 8. The summed E-state index contributed by atoms with van der Waals surface area (Å²) >= 11 is 6.47. The number of ether oxygens (including phenoxy) is 2. The number of hydrogen-bond donors (Lipinski definition) is 2. The third-order valence-electron chi connectivity index (χ3n) is 3.85. The maximum atomic E-state index is 12.4. The lowest BCUT2D eigenvalue weighted by atomic mass is 10.1. The summed E-state index contributed by atoms with van der Waals surface area (Å²) in [6.07, 6.45) is 1.73. The molecule has 0 saturated carbocycles. The number of thiocarbonyl (C=S) groups is 1. The van der Waals surface area contributed by atoms with Crippen LogP contribution in [0.5, 0.6) is 0 Å². The molecule has 10 heteroatoms. The van der Waals surface area contributed by atoms with Crippen LogP contribution in [-0.2, 0) is 22.6 Å². The highest BCUT2D eigenvalue weighted by Crippen LogP contribution is 2.34. The van der Waals surface area contributed by atoms with E-state index in [1.54, 1.807) is 27.0 Å². The summed E-state index contributed by atoms with van der Waals surface area (Å²) < 4.78 is 12.1. The number of nitrogens with one attached hydrogen (secondary N) is 2. The van der Waals surface area contributed by atoms with Crippen molar-refractivity contribution in [3.8, 4) is 0 Å². The number of esters is 2. The molecule has 0 aliphatic heterocycles. The average Bonchev–Trinajstić information content (AvgIpc) is 3.24. The minimum Gasteiger partial charge on any atom is -0.462 e. The summed E-state index contributed by atoms with van der Waals surface area (Å²) in [5.74, 6) is -0.990. The Labute approximate surface area is 173 Å². The van der Waals surface area contributed by atoms with Crippen LogP contribution in [0.1, 0.15) is 52.1 Å². The number of hydrogen-bond acceptors (Lipinski definition) is 7. The molecule has 2 rings (SSSR count). The molecule has 2 aromatic heterocycles. The van der Waals surface area contributed by atoms with Gasteiger partial charge in [0.05, 0.1) is 31.0 Å². The largest absolute Gasteiger partial charge is 0.462 e. The van der Waals surface area contributed by atoms with Gasteiger partial charge in [-0.25, -0.2) is 9.59 Å². The third kappa shape index (κ3) is 5.08. The zero-order chi connectivity index (χ0) is 20.7. The quantitative estimate of drug-likeness (QED) is 0.493. The molecule has 2 N–H and O–H groups in total. The Kier molecular flexibility index (Phi) is 7.94. The molecule has 2 aromatic rings. The maximum absolute atomic E-state index is 12.4. The van der Waals surface area contributed by atoms with Crippen LogP contribution in [-0.4, -0.2) is 40.0 Å². The number of anilines is 1. The first-order valence-corrected chi connectivity index (χ1v) is 10.2. The van der Waals surface area contributed by atoms with Crippen LogP contribution in [0.2, 0.25) is 0 Å². The van der Waals surface area contributed by atoms with Gasteiger partial charge in [-0.2, -0.15) is 5.10 Å². The number of aromatic nitrogens is 2. The van der Waals surface area contributed by atoms with Crippen LogP contribution >= 0.6 is 23.6 Å². The summed E-state index contributed by atoms with van der Waals surface area (Å²) in [4.78, 5) is 25.0. The molecule has 0 atom stereocenters. The highest BCUT2D eigenvalue weighted by molar-refractivity contribution is 7.80. The predicted octanol–water partition coefficient (Wildman–Crippen LogP) is 3.11. The van der Waals surface area contributed by atoms with E-state index in [4.69, 9.17) is 21.7 Å². The first-order chi connectivity index (χ1) is 13.4. The van der Waals surface area contributed by atoms with Gasteiger partial charge in [-0.1, -0.05) is 0 Å². The Morgan fingerprint density at radius 2 is 1.89 bits per heavy atom. The van der Waals surface area contributed by atoms with Crippen molar-refractivity contribution in [2.75, 3.05) is 18.5 Å². The average molecular weight is 425 g/mol. The number of thiophene rings is 1. The maximum Gasteiger partial charge on any atom is 0.348 e. The molecule has 0 aliphatic rings. The fourth-order valence-corrected chi connectivity index (χ4v) is 3.89. The van der Waals surface area contributed by atoms with Crippen LogP contribution in [0.4, 0.5) is 5.00 Å². The van der Waals surface area contributed by atoms with Gasteiger partial charge in [-0.3, -0.25) is 4.68 Å². The lowest BCUT2D eigenvalue weighted by Crippen LogP contribution is -2.29. The topological polar surface area (TPSA) is 94.5 Å².